The fourth-order valence-corrected chi connectivity index (χ4v) is 1.24. The summed E-state index contributed by atoms with van der Waals surface area (Å²) >= 11 is 0. The fourth-order valence-electron chi connectivity index (χ4n) is 1.24. The zero-order chi connectivity index (χ0) is 12.2. The van der Waals surface area contributed by atoms with Crippen LogP contribution < -0.4 is 10.1 Å². The number of carbonyl (C=O) groups excluding carboxylic acids is 1. The minimum atomic E-state index is -0.229. The van der Waals surface area contributed by atoms with E-state index in [1.807, 2.05) is 52.0 Å². The molecule has 0 saturated carbocycles. The van der Waals surface area contributed by atoms with E-state index in [0.29, 0.717) is 6.42 Å². The van der Waals surface area contributed by atoms with Gasteiger partial charge >= 0.3 is 0 Å². The van der Waals surface area contributed by atoms with Crippen LogP contribution in [0.3, 0.4) is 0 Å². The lowest BCUT2D eigenvalue weighted by atomic mass is 10.2. The molecule has 16 heavy (non-hydrogen) atoms. The van der Waals surface area contributed by atoms with Crippen LogP contribution in [0.15, 0.2) is 24.3 Å². The largest absolute Gasteiger partial charge is 0.488 e. The van der Waals surface area contributed by atoms with Crippen LogP contribution in [0.4, 0.5) is 5.69 Å². The van der Waals surface area contributed by atoms with Crippen molar-refractivity contribution in [2.75, 3.05) is 5.32 Å². The first-order valence-electron chi connectivity index (χ1n) is 5.49. The molecule has 0 radical (unpaired) electrons. The maximum Gasteiger partial charge on any atom is 0.224 e. The van der Waals surface area contributed by atoms with Gasteiger partial charge in [-0.3, -0.25) is 4.79 Å². The number of hydrogen-bond acceptors (Lipinski definition) is 2. The highest BCUT2D eigenvalue weighted by atomic mass is 16.5. The van der Waals surface area contributed by atoms with E-state index >= 15 is 0 Å². The Morgan fingerprint density at radius 1 is 1.38 bits per heavy atom. The molecular formula is C13H19NO2. The first-order valence-corrected chi connectivity index (χ1v) is 5.49. The average molecular weight is 221 g/mol. The summed E-state index contributed by atoms with van der Waals surface area (Å²) in [5, 5.41) is 2.80. The highest BCUT2D eigenvalue weighted by Crippen LogP contribution is 2.21. The molecule has 3 heteroatoms. The highest BCUT2D eigenvalue weighted by Gasteiger charge is 2.11. The van der Waals surface area contributed by atoms with E-state index < -0.39 is 0 Å². The van der Waals surface area contributed by atoms with Gasteiger partial charge in [0.1, 0.15) is 11.4 Å². The molecule has 0 saturated heterocycles. The van der Waals surface area contributed by atoms with Gasteiger partial charge in [-0.15, -0.1) is 0 Å². The van der Waals surface area contributed by atoms with Crippen LogP contribution in [0.25, 0.3) is 0 Å². The third kappa shape index (κ3) is 4.34. The van der Waals surface area contributed by atoms with Crippen LogP contribution in [0.2, 0.25) is 0 Å². The number of ether oxygens (including phenoxy) is 1. The van der Waals surface area contributed by atoms with Crippen LogP contribution in [0.5, 0.6) is 5.75 Å². The van der Waals surface area contributed by atoms with Gasteiger partial charge in [-0.1, -0.05) is 13.0 Å². The number of hydrogen-bond donors (Lipinski definition) is 1. The SMILES string of the molecule is CCC(=O)Nc1cccc(OC(C)(C)C)c1. The number of anilines is 1. The Balaban J connectivity index is 2.75. The minimum Gasteiger partial charge on any atom is -0.488 e. The fraction of sp³-hybridized carbons (Fsp3) is 0.462. The lowest BCUT2D eigenvalue weighted by Gasteiger charge is -2.21. The summed E-state index contributed by atoms with van der Waals surface area (Å²) in [5.74, 6) is 0.773. The lowest BCUT2D eigenvalue weighted by Crippen LogP contribution is -2.23. The molecule has 0 unspecified atom stereocenters. The van der Waals surface area contributed by atoms with Crippen molar-refractivity contribution in [1.82, 2.24) is 0 Å². The van der Waals surface area contributed by atoms with E-state index in [4.69, 9.17) is 4.74 Å². The van der Waals surface area contributed by atoms with Crippen LogP contribution in [-0.2, 0) is 4.79 Å². The Bertz CT molecular complexity index is 366. The molecule has 1 N–H and O–H groups in total. The second kappa shape index (κ2) is 5.01. The molecule has 1 amide bonds. The zero-order valence-electron chi connectivity index (χ0n) is 10.3. The van der Waals surface area contributed by atoms with E-state index in [-0.39, 0.29) is 11.5 Å². The molecule has 0 heterocycles. The molecule has 0 bridgehead atoms. The van der Waals surface area contributed by atoms with Gasteiger partial charge in [-0.05, 0) is 32.9 Å². The van der Waals surface area contributed by atoms with Crippen LogP contribution >= 0.6 is 0 Å². The molecule has 88 valence electrons. The molecule has 0 aromatic heterocycles. The van der Waals surface area contributed by atoms with Crippen molar-refractivity contribution in [2.45, 2.75) is 39.7 Å². The first kappa shape index (κ1) is 12.6. The predicted molar refractivity (Wildman–Crippen MR) is 65.7 cm³/mol. The quantitative estimate of drug-likeness (QED) is 0.851. The van der Waals surface area contributed by atoms with E-state index in [9.17, 15) is 4.79 Å². The summed E-state index contributed by atoms with van der Waals surface area (Å²) in [6.45, 7) is 7.80. The third-order valence-electron chi connectivity index (χ3n) is 1.86. The number of amides is 1. The highest BCUT2D eigenvalue weighted by molar-refractivity contribution is 5.90. The number of nitrogens with one attached hydrogen (secondary N) is 1. The van der Waals surface area contributed by atoms with Crippen molar-refractivity contribution in [3.63, 3.8) is 0 Å². The zero-order valence-corrected chi connectivity index (χ0v) is 10.3. The molecule has 1 aromatic carbocycles. The smallest absolute Gasteiger partial charge is 0.224 e. The summed E-state index contributed by atoms with van der Waals surface area (Å²) in [7, 11) is 0. The van der Waals surface area contributed by atoms with E-state index in [0.717, 1.165) is 11.4 Å². The molecule has 3 nitrogen and oxygen atoms in total. The van der Waals surface area contributed by atoms with E-state index in [1.165, 1.54) is 0 Å². The Morgan fingerprint density at radius 3 is 2.62 bits per heavy atom. The topological polar surface area (TPSA) is 38.3 Å². The molecule has 0 fully saturated rings. The van der Waals surface area contributed by atoms with Gasteiger partial charge in [0.2, 0.25) is 5.91 Å². The molecular weight excluding hydrogens is 202 g/mol. The average Bonchev–Trinajstić information content (AvgIpc) is 2.15. The van der Waals surface area contributed by atoms with E-state index in [2.05, 4.69) is 5.32 Å². The van der Waals surface area contributed by atoms with Crippen molar-refractivity contribution in [3.8, 4) is 5.75 Å². The Labute approximate surface area is 96.8 Å². The summed E-state index contributed by atoms with van der Waals surface area (Å²) in [4.78, 5) is 11.2. The molecule has 0 aliphatic rings. The maximum absolute atomic E-state index is 11.2. The number of carbonyl (C=O) groups is 1. The molecule has 0 spiro atoms. The van der Waals surface area contributed by atoms with Gasteiger partial charge in [-0.2, -0.15) is 0 Å². The molecule has 0 aliphatic heterocycles. The normalized spacial score (nSPS) is 11.0. The second-order valence-electron chi connectivity index (χ2n) is 4.64. The Kier molecular flexibility index (Phi) is 3.93. The second-order valence-corrected chi connectivity index (χ2v) is 4.64. The number of rotatable bonds is 3. The van der Waals surface area contributed by atoms with Crippen molar-refractivity contribution in [3.05, 3.63) is 24.3 Å². The first-order chi connectivity index (χ1) is 7.40. The summed E-state index contributed by atoms with van der Waals surface area (Å²) in [6.07, 6.45) is 0.477. The van der Waals surface area contributed by atoms with Crippen molar-refractivity contribution in [1.29, 1.82) is 0 Å². The Hall–Kier alpha value is -1.51. The molecule has 0 aliphatic carbocycles. The predicted octanol–water partition coefficient (Wildman–Crippen LogP) is 3.21. The molecule has 0 atom stereocenters. The van der Waals surface area contributed by atoms with Crippen molar-refractivity contribution >= 4 is 11.6 Å². The van der Waals surface area contributed by atoms with Gasteiger partial charge in [0.25, 0.3) is 0 Å². The standard InChI is InChI=1S/C13H19NO2/c1-5-12(15)14-10-7-6-8-11(9-10)16-13(2,3)4/h6-9H,5H2,1-4H3,(H,14,15). The minimum absolute atomic E-state index is 0.00732. The Morgan fingerprint density at radius 2 is 2.06 bits per heavy atom. The van der Waals surface area contributed by atoms with Gasteiger partial charge in [0.15, 0.2) is 0 Å². The van der Waals surface area contributed by atoms with Crippen molar-refractivity contribution < 1.29 is 9.53 Å². The lowest BCUT2D eigenvalue weighted by molar-refractivity contribution is -0.115. The van der Waals surface area contributed by atoms with Crippen LogP contribution in [0, 0.1) is 0 Å². The summed E-state index contributed by atoms with van der Waals surface area (Å²) in [5.41, 5.74) is 0.543. The van der Waals surface area contributed by atoms with Gasteiger partial charge in [-0.25, -0.2) is 0 Å². The van der Waals surface area contributed by atoms with Gasteiger partial charge < -0.3 is 10.1 Å². The number of benzene rings is 1. The van der Waals surface area contributed by atoms with E-state index in [1.54, 1.807) is 0 Å². The molecule has 1 rings (SSSR count). The monoisotopic (exact) mass is 221 g/mol. The maximum atomic E-state index is 11.2. The molecule has 1 aromatic rings. The summed E-state index contributed by atoms with van der Waals surface area (Å²) in [6, 6.07) is 7.43. The summed E-state index contributed by atoms with van der Waals surface area (Å²) < 4.78 is 5.71. The van der Waals surface area contributed by atoms with Crippen molar-refractivity contribution in [2.24, 2.45) is 0 Å². The van der Waals surface area contributed by atoms with Gasteiger partial charge in [0.05, 0.1) is 0 Å². The van der Waals surface area contributed by atoms with Gasteiger partial charge in [0, 0.05) is 18.2 Å². The van der Waals surface area contributed by atoms with Crippen LogP contribution in [0.1, 0.15) is 34.1 Å². The third-order valence-corrected chi connectivity index (χ3v) is 1.86. The van der Waals surface area contributed by atoms with Crippen LogP contribution in [-0.4, -0.2) is 11.5 Å².